The van der Waals surface area contributed by atoms with E-state index in [9.17, 15) is 18.3 Å². The van der Waals surface area contributed by atoms with E-state index in [1.54, 1.807) is 13.8 Å². The molecule has 0 saturated carbocycles. The number of aliphatic hydroxyl groups is 1. The first-order valence-corrected chi connectivity index (χ1v) is 4.92. The summed E-state index contributed by atoms with van der Waals surface area (Å²) in [5, 5.41) is 9.79. The van der Waals surface area contributed by atoms with Gasteiger partial charge in [0.25, 0.3) is 0 Å². The average Bonchev–Trinajstić information content (AvgIpc) is 2.14. The Morgan fingerprint density at radius 1 is 1.18 bits per heavy atom. The Bertz CT molecular complexity index is 368. The SMILES string of the molecule is CC(C)(N)C(O)c1ccc(OC(F)(F)F)cc1. The monoisotopic (exact) mass is 249 g/mol. The summed E-state index contributed by atoms with van der Waals surface area (Å²) in [4.78, 5) is 0. The Morgan fingerprint density at radius 2 is 1.65 bits per heavy atom. The van der Waals surface area contributed by atoms with Crippen LogP contribution in [0.3, 0.4) is 0 Å². The lowest BCUT2D eigenvalue weighted by Gasteiger charge is -2.26. The zero-order valence-corrected chi connectivity index (χ0v) is 9.45. The minimum Gasteiger partial charge on any atom is -0.406 e. The van der Waals surface area contributed by atoms with E-state index in [0.29, 0.717) is 5.56 Å². The lowest BCUT2D eigenvalue weighted by atomic mass is 9.92. The van der Waals surface area contributed by atoms with Crippen LogP contribution in [0.25, 0.3) is 0 Å². The third-order valence-electron chi connectivity index (χ3n) is 2.13. The van der Waals surface area contributed by atoms with E-state index in [4.69, 9.17) is 5.73 Å². The topological polar surface area (TPSA) is 55.5 Å². The maximum Gasteiger partial charge on any atom is 0.573 e. The summed E-state index contributed by atoms with van der Waals surface area (Å²) in [6, 6.07) is 4.97. The highest BCUT2D eigenvalue weighted by molar-refractivity contribution is 5.29. The fourth-order valence-corrected chi connectivity index (χ4v) is 1.28. The number of hydrogen-bond donors (Lipinski definition) is 2. The number of aliphatic hydroxyl groups excluding tert-OH is 1. The van der Waals surface area contributed by atoms with Gasteiger partial charge in [-0.2, -0.15) is 0 Å². The smallest absolute Gasteiger partial charge is 0.406 e. The van der Waals surface area contributed by atoms with Crippen molar-refractivity contribution in [3.8, 4) is 5.75 Å². The van der Waals surface area contributed by atoms with Gasteiger partial charge in [-0.15, -0.1) is 13.2 Å². The molecule has 1 aromatic carbocycles. The molecule has 0 spiro atoms. The van der Waals surface area contributed by atoms with E-state index in [1.165, 1.54) is 12.1 Å². The van der Waals surface area contributed by atoms with Crippen molar-refractivity contribution in [3.05, 3.63) is 29.8 Å². The molecule has 0 heterocycles. The first-order valence-electron chi connectivity index (χ1n) is 4.92. The molecule has 17 heavy (non-hydrogen) atoms. The number of hydrogen-bond acceptors (Lipinski definition) is 3. The molecule has 0 fully saturated rings. The van der Waals surface area contributed by atoms with Crippen molar-refractivity contribution >= 4 is 0 Å². The number of halogens is 3. The quantitative estimate of drug-likeness (QED) is 0.864. The fourth-order valence-electron chi connectivity index (χ4n) is 1.28. The van der Waals surface area contributed by atoms with E-state index in [0.717, 1.165) is 12.1 Å². The van der Waals surface area contributed by atoms with Crippen LogP contribution in [0.4, 0.5) is 13.2 Å². The van der Waals surface area contributed by atoms with E-state index >= 15 is 0 Å². The second kappa shape index (κ2) is 4.54. The molecule has 1 atom stereocenters. The van der Waals surface area contributed by atoms with Gasteiger partial charge in [0.1, 0.15) is 5.75 Å². The maximum absolute atomic E-state index is 11.9. The van der Waals surface area contributed by atoms with Gasteiger partial charge in [0.15, 0.2) is 0 Å². The Morgan fingerprint density at radius 3 is 2.00 bits per heavy atom. The second-order valence-corrected chi connectivity index (χ2v) is 4.34. The molecule has 0 radical (unpaired) electrons. The molecule has 1 rings (SSSR count). The van der Waals surface area contributed by atoms with Crippen LogP contribution in [-0.4, -0.2) is 17.0 Å². The zero-order valence-electron chi connectivity index (χ0n) is 9.45. The normalized spacial score (nSPS) is 14.5. The summed E-state index contributed by atoms with van der Waals surface area (Å²) in [6.45, 7) is 3.25. The van der Waals surface area contributed by atoms with E-state index < -0.39 is 18.0 Å². The molecule has 0 aliphatic heterocycles. The van der Waals surface area contributed by atoms with Crippen LogP contribution in [0.15, 0.2) is 24.3 Å². The number of ether oxygens (including phenoxy) is 1. The van der Waals surface area contributed by atoms with Gasteiger partial charge < -0.3 is 15.6 Å². The summed E-state index contributed by atoms with van der Waals surface area (Å²) >= 11 is 0. The molecule has 0 bridgehead atoms. The minimum atomic E-state index is -4.72. The Hall–Kier alpha value is -1.27. The third-order valence-corrected chi connectivity index (χ3v) is 2.13. The minimum absolute atomic E-state index is 0.330. The molecule has 0 aliphatic rings. The van der Waals surface area contributed by atoms with Crippen molar-refractivity contribution in [2.75, 3.05) is 0 Å². The van der Waals surface area contributed by atoms with E-state index in [-0.39, 0.29) is 5.75 Å². The number of nitrogens with two attached hydrogens (primary N) is 1. The number of alkyl halides is 3. The van der Waals surface area contributed by atoms with Gasteiger partial charge in [0.2, 0.25) is 0 Å². The van der Waals surface area contributed by atoms with Gasteiger partial charge in [-0.05, 0) is 31.5 Å². The van der Waals surface area contributed by atoms with Crippen molar-refractivity contribution in [2.45, 2.75) is 31.9 Å². The van der Waals surface area contributed by atoms with Crippen molar-refractivity contribution in [2.24, 2.45) is 5.73 Å². The lowest BCUT2D eigenvalue weighted by Crippen LogP contribution is -2.39. The van der Waals surface area contributed by atoms with Crippen LogP contribution < -0.4 is 10.5 Å². The van der Waals surface area contributed by atoms with E-state index in [2.05, 4.69) is 4.74 Å². The van der Waals surface area contributed by atoms with Crippen LogP contribution in [0.1, 0.15) is 25.5 Å². The van der Waals surface area contributed by atoms with Crippen molar-refractivity contribution in [3.63, 3.8) is 0 Å². The lowest BCUT2D eigenvalue weighted by molar-refractivity contribution is -0.274. The second-order valence-electron chi connectivity index (χ2n) is 4.34. The summed E-state index contributed by atoms with van der Waals surface area (Å²) in [5.41, 5.74) is 5.26. The predicted octanol–water partition coefficient (Wildman–Crippen LogP) is 2.36. The largest absolute Gasteiger partial charge is 0.573 e. The molecule has 6 heteroatoms. The Balaban J connectivity index is 2.82. The Labute approximate surface area is 97.0 Å². The Kier molecular flexibility index (Phi) is 3.68. The fraction of sp³-hybridized carbons (Fsp3) is 0.455. The number of benzene rings is 1. The van der Waals surface area contributed by atoms with Crippen LogP contribution in [0.2, 0.25) is 0 Å². The molecule has 0 aromatic heterocycles. The molecule has 0 saturated heterocycles. The highest BCUT2D eigenvalue weighted by Gasteiger charge is 2.31. The van der Waals surface area contributed by atoms with Crippen molar-refractivity contribution in [1.29, 1.82) is 0 Å². The summed E-state index contributed by atoms with van der Waals surface area (Å²) < 4.78 is 39.4. The third kappa shape index (κ3) is 4.24. The predicted molar refractivity (Wildman–Crippen MR) is 56.4 cm³/mol. The van der Waals surface area contributed by atoms with Crippen LogP contribution >= 0.6 is 0 Å². The van der Waals surface area contributed by atoms with Gasteiger partial charge in [-0.25, -0.2) is 0 Å². The van der Waals surface area contributed by atoms with Gasteiger partial charge in [-0.3, -0.25) is 0 Å². The highest BCUT2D eigenvalue weighted by atomic mass is 19.4. The molecular formula is C11H14F3NO2. The van der Waals surface area contributed by atoms with Crippen LogP contribution in [0.5, 0.6) is 5.75 Å². The molecule has 1 aromatic rings. The first-order chi connectivity index (χ1) is 7.59. The van der Waals surface area contributed by atoms with Gasteiger partial charge in [0, 0.05) is 5.54 Å². The zero-order chi connectivity index (χ0) is 13.3. The molecular weight excluding hydrogens is 235 g/mol. The van der Waals surface area contributed by atoms with E-state index in [1.807, 2.05) is 0 Å². The molecule has 1 unspecified atom stereocenters. The summed E-state index contributed by atoms with van der Waals surface area (Å²) in [6.07, 6.45) is -5.67. The standard InChI is InChI=1S/C11H14F3NO2/c1-10(2,15)9(16)7-3-5-8(6-4-7)17-11(12,13)14/h3-6,9,16H,15H2,1-2H3. The maximum atomic E-state index is 11.9. The first kappa shape index (κ1) is 13.8. The van der Waals surface area contributed by atoms with Crippen LogP contribution in [0, 0.1) is 0 Å². The molecule has 0 amide bonds. The van der Waals surface area contributed by atoms with Crippen molar-refractivity contribution in [1.82, 2.24) is 0 Å². The molecule has 0 aliphatic carbocycles. The van der Waals surface area contributed by atoms with Crippen LogP contribution in [-0.2, 0) is 0 Å². The molecule has 3 N–H and O–H groups in total. The number of rotatable bonds is 3. The molecule has 3 nitrogen and oxygen atoms in total. The molecule has 96 valence electrons. The highest BCUT2D eigenvalue weighted by Crippen LogP contribution is 2.27. The van der Waals surface area contributed by atoms with Gasteiger partial charge in [-0.1, -0.05) is 12.1 Å². The summed E-state index contributed by atoms with van der Waals surface area (Å²) in [5.74, 6) is -0.330. The van der Waals surface area contributed by atoms with Crippen molar-refractivity contribution < 1.29 is 23.0 Å². The summed E-state index contributed by atoms with van der Waals surface area (Å²) in [7, 11) is 0. The van der Waals surface area contributed by atoms with Gasteiger partial charge >= 0.3 is 6.36 Å². The van der Waals surface area contributed by atoms with Gasteiger partial charge in [0.05, 0.1) is 6.10 Å². The average molecular weight is 249 g/mol.